The highest BCUT2D eigenvalue weighted by Crippen LogP contribution is 2.46. The molecule has 3 aliphatic rings. The molecular formula is C18H28N4S2. The Morgan fingerprint density at radius 3 is 2.83 bits per heavy atom. The van der Waals surface area contributed by atoms with E-state index in [1.165, 1.54) is 50.0 Å². The Hall–Kier alpha value is -0.300. The number of fused-ring (bicyclic) bond motifs is 2. The van der Waals surface area contributed by atoms with Gasteiger partial charge in [-0.15, -0.1) is 0 Å². The monoisotopic (exact) mass is 364 g/mol. The maximum Gasteiger partial charge on any atom is 0.0772 e. The summed E-state index contributed by atoms with van der Waals surface area (Å²) in [4.78, 5) is 12.1. The van der Waals surface area contributed by atoms with Crippen molar-refractivity contribution in [1.82, 2.24) is 19.2 Å². The van der Waals surface area contributed by atoms with E-state index in [9.17, 15) is 0 Å². The Labute approximate surface area is 153 Å². The van der Waals surface area contributed by atoms with Gasteiger partial charge in [0, 0.05) is 30.9 Å². The molecule has 1 aromatic rings. The highest BCUT2D eigenvalue weighted by Gasteiger charge is 2.45. The molecular weight excluding hydrogens is 336 g/mol. The smallest absolute Gasteiger partial charge is 0.0772 e. The summed E-state index contributed by atoms with van der Waals surface area (Å²) >= 11 is 0. The lowest BCUT2D eigenvalue weighted by atomic mass is 9.67. The predicted molar refractivity (Wildman–Crippen MR) is 103 cm³/mol. The Bertz CT molecular complexity index is 570. The van der Waals surface area contributed by atoms with Gasteiger partial charge in [0.1, 0.15) is 0 Å². The second-order valence-electron chi connectivity index (χ2n) is 7.53. The van der Waals surface area contributed by atoms with Crippen LogP contribution in [0, 0.1) is 11.8 Å². The second kappa shape index (κ2) is 7.52. The Morgan fingerprint density at radius 1 is 1.12 bits per heavy atom. The van der Waals surface area contributed by atoms with E-state index in [1.807, 2.05) is 34.2 Å². The van der Waals surface area contributed by atoms with E-state index >= 15 is 0 Å². The number of aromatic nitrogens is 2. The first-order valence-electron chi connectivity index (χ1n) is 9.23. The summed E-state index contributed by atoms with van der Waals surface area (Å²) in [5.41, 5.74) is 2.47. The molecule has 2 aliphatic heterocycles. The molecule has 6 heteroatoms. The molecule has 132 valence electrons. The number of hydrogen-bond donors (Lipinski definition) is 0. The van der Waals surface area contributed by atoms with Crippen LogP contribution in [0.1, 0.15) is 49.4 Å². The molecule has 0 spiro atoms. The van der Waals surface area contributed by atoms with Gasteiger partial charge in [-0.25, -0.2) is 4.31 Å². The van der Waals surface area contributed by atoms with Gasteiger partial charge < -0.3 is 4.90 Å². The van der Waals surface area contributed by atoms with Gasteiger partial charge in [0.25, 0.3) is 0 Å². The molecule has 24 heavy (non-hydrogen) atoms. The van der Waals surface area contributed by atoms with Crippen molar-refractivity contribution in [3.63, 3.8) is 0 Å². The average molecular weight is 365 g/mol. The molecule has 4 atom stereocenters. The molecule has 4 unspecified atom stereocenters. The fourth-order valence-electron chi connectivity index (χ4n) is 5.27. The normalized spacial score (nSPS) is 34.6. The third-order valence-electron chi connectivity index (χ3n) is 6.24. The van der Waals surface area contributed by atoms with Crippen molar-refractivity contribution in [3.8, 4) is 0 Å². The zero-order valence-electron chi connectivity index (χ0n) is 14.7. The zero-order chi connectivity index (χ0) is 16.5. The van der Waals surface area contributed by atoms with Crippen LogP contribution in [-0.4, -0.2) is 51.6 Å². The summed E-state index contributed by atoms with van der Waals surface area (Å²) < 4.78 is 2.49. The summed E-state index contributed by atoms with van der Waals surface area (Å²) in [5, 5.41) is 0. The number of hydrogen-bond acceptors (Lipinski definition) is 6. The maximum atomic E-state index is 4.81. The lowest BCUT2D eigenvalue weighted by molar-refractivity contribution is 0.0192. The molecule has 0 N–H and O–H groups in total. The van der Waals surface area contributed by atoms with E-state index < -0.39 is 0 Å². The van der Waals surface area contributed by atoms with Gasteiger partial charge in [-0.3, -0.25) is 9.97 Å². The Kier molecular flexibility index (Phi) is 5.37. The molecule has 2 fully saturated rings. The van der Waals surface area contributed by atoms with Crippen LogP contribution in [0.4, 0.5) is 0 Å². The fraction of sp³-hybridized carbons (Fsp3) is 0.778. The Balaban J connectivity index is 1.67. The SMILES string of the molecule is CSSN1Cc2nccnc2C(C2C3CCCCC3CCN2C)C1. The van der Waals surface area contributed by atoms with Crippen molar-refractivity contribution in [2.75, 3.05) is 26.4 Å². The van der Waals surface area contributed by atoms with Crippen molar-refractivity contribution < 1.29 is 0 Å². The minimum atomic E-state index is 0.498. The van der Waals surface area contributed by atoms with E-state index in [0.29, 0.717) is 12.0 Å². The van der Waals surface area contributed by atoms with Crippen molar-refractivity contribution in [3.05, 3.63) is 23.8 Å². The number of nitrogens with zero attached hydrogens (tertiary/aromatic N) is 4. The van der Waals surface area contributed by atoms with E-state index in [0.717, 1.165) is 24.9 Å². The summed E-state index contributed by atoms with van der Waals surface area (Å²) in [6.07, 6.45) is 13.0. The molecule has 4 rings (SSSR count). The largest absolute Gasteiger partial charge is 0.302 e. The molecule has 1 aliphatic carbocycles. The molecule has 1 saturated carbocycles. The maximum absolute atomic E-state index is 4.81. The quantitative estimate of drug-likeness (QED) is 0.599. The number of likely N-dealkylation sites (N-methyl/N-ethyl adjacent to an activating group) is 1. The third-order valence-corrected chi connectivity index (χ3v) is 7.96. The van der Waals surface area contributed by atoms with Crippen LogP contribution in [0.15, 0.2) is 12.4 Å². The van der Waals surface area contributed by atoms with E-state index in [1.54, 1.807) is 0 Å². The van der Waals surface area contributed by atoms with E-state index in [2.05, 4.69) is 27.5 Å². The Morgan fingerprint density at radius 2 is 1.96 bits per heavy atom. The van der Waals surface area contributed by atoms with Crippen molar-refractivity contribution >= 4 is 21.8 Å². The third kappa shape index (κ3) is 3.22. The molecule has 0 aromatic carbocycles. The molecule has 3 heterocycles. The first kappa shape index (κ1) is 17.1. The van der Waals surface area contributed by atoms with Crippen molar-refractivity contribution in [2.45, 2.75) is 50.6 Å². The first-order valence-corrected chi connectivity index (χ1v) is 11.7. The van der Waals surface area contributed by atoms with Crippen molar-refractivity contribution in [2.24, 2.45) is 11.8 Å². The van der Waals surface area contributed by atoms with Crippen LogP contribution in [-0.2, 0) is 6.54 Å². The first-order chi connectivity index (χ1) is 11.8. The van der Waals surface area contributed by atoms with Crippen LogP contribution in [0.5, 0.6) is 0 Å². The van der Waals surface area contributed by atoms with Crippen LogP contribution in [0.25, 0.3) is 0 Å². The average Bonchev–Trinajstić information content (AvgIpc) is 2.61. The molecule has 4 nitrogen and oxygen atoms in total. The molecule has 0 amide bonds. The highest BCUT2D eigenvalue weighted by molar-refractivity contribution is 8.75. The van der Waals surface area contributed by atoms with Crippen LogP contribution >= 0.6 is 21.8 Å². The van der Waals surface area contributed by atoms with Gasteiger partial charge in [-0.2, -0.15) is 0 Å². The molecule has 0 radical (unpaired) electrons. The second-order valence-corrected chi connectivity index (χ2v) is 9.97. The number of piperidine rings is 1. The zero-order valence-corrected chi connectivity index (χ0v) is 16.4. The lowest BCUT2D eigenvalue weighted by Crippen LogP contribution is -2.54. The minimum absolute atomic E-state index is 0.498. The number of likely N-dealkylation sites (tertiary alicyclic amines) is 1. The molecule has 1 aromatic heterocycles. The van der Waals surface area contributed by atoms with Crippen molar-refractivity contribution in [1.29, 1.82) is 0 Å². The summed E-state index contributed by atoms with van der Waals surface area (Å²) in [7, 11) is 6.05. The number of rotatable bonds is 3. The van der Waals surface area contributed by atoms with E-state index in [-0.39, 0.29) is 0 Å². The van der Waals surface area contributed by atoms with Gasteiger partial charge in [0.15, 0.2) is 0 Å². The standard InChI is InChI=1S/C18H28N4S2/c1-21-10-7-13-5-3-4-6-14(13)18(21)15-11-22(24-23-2)12-16-17(15)20-9-8-19-16/h8-9,13-15,18H,3-7,10-12H2,1-2H3. The highest BCUT2D eigenvalue weighted by atomic mass is 33.1. The molecule has 1 saturated heterocycles. The lowest BCUT2D eigenvalue weighted by Gasteiger charge is -2.51. The topological polar surface area (TPSA) is 32.3 Å². The summed E-state index contributed by atoms with van der Waals surface area (Å²) in [6.45, 7) is 3.28. The predicted octanol–water partition coefficient (Wildman–Crippen LogP) is 3.81. The van der Waals surface area contributed by atoms with Crippen LogP contribution < -0.4 is 0 Å². The fourth-order valence-corrected chi connectivity index (χ4v) is 6.85. The minimum Gasteiger partial charge on any atom is -0.302 e. The molecule has 0 bridgehead atoms. The van der Waals surface area contributed by atoms with Gasteiger partial charge >= 0.3 is 0 Å². The summed E-state index contributed by atoms with van der Waals surface area (Å²) in [5.74, 6) is 2.28. The van der Waals surface area contributed by atoms with Gasteiger partial charge in [0.2, 0.25) is 0 Å². The van der Waals surface area contributed by atoms with E-state index in [4.69, 9.17) is 4.98 Å². The van der Waals surface area contributed by atoms with Crippen LogP contribution in [0.3, 0.4) is 0 Å². The summed E-state index contributed by atoms with van der Waals surface area (Å²) in [6, 6.07) is 0.629. The van der Waals surface area contributed by atoms with Gasteiger partial charge in [-0.05, 0) is 55.5 Å². The van der Waals surface area contributed by atoms with Gasteiger partial charge in [0.05, 0.1) is 17.9 Å². The van der Waals surface area contributed by atoms with Gasteiger partial charge in [-0.1, -0.05) is 30.1 Å². The van der Waals surface area contributed by atoms with Crippen LogP contribution in [0.2, 0.25) is 0 Å².